The predicted octanol–water partition coefficient (Wildman–Crippen LogP) is 6.30. The van der Waals surface area contributed by atoms with Crippen LogP contribution >= 0.6 is 0 Å². The lowest BCUT2D eigenvalue weighted by molar-refractivity contribution is 0.186. The Bertz CT molecular complexity index is 753. The summed E-state index contributed by atoms with van der Waals surface area (Å²) >= 11 is 0. The van der Waals surface area contributed by atoms with Gasteiger partial charge in [0.25, 0.3) is 0 Å². The number of hydrogen-bond acceptors (Lipinski definition) is 2. The zero-order valence-corrected chi connectivity index (χ0v) is 16.5. The van der Waals surface area contributed by atoms with Crippen molar-refractivity contribution >= 4 is 11.4 Å². The number of rotatable bonds is 4. The molecule has 0 spiro atoms. The van der Waals surface area contributed by atoms with Crippen molar-refractivity contribution < 1.29 is 0 Å². The highest BCUT2D eigenvalue weighted by Gasteiger charge is 2.29. The smallest absolute Gasteiger partial charge is 0.0385 e. The van der Waals surface area contributed by atoms with E-state index in [1.807, 2.05) is 12.1 Å². The maximum absolute atomic E-state index is 6.65. The lowest BCUT2D eigenvalue weighted by Gasteiger charge is -2.36. The van der Waals surface area contributed by atoms with Crippen LogP contribution in [0.3, 0.4) is 0 Å². The van der Waals surface area contributed by atoms with E-state index < -0.39 is 0 Å². The van der Waals surface area contributed by atoms with E-state index in [4.69, 9.17) is 11.5 Å². The largest absolute Gasteiger partial charge is 0.399 e. The van der Waals surface area contributed by atoms with Crippen molar-refractivity contribution in [1.82, 2.24) is 0 Å². The molecule has 2 nitrogen and oxygen atoms in total. The van der Waals surface area contributed by atoms with Crippen LogP contribution in [0.15, 0.2) is 42.5 Å². The van der Waals surface area contributed by atoms with Crippen LogP contribution in [0.2, 0.25) is 0 Å². The Balaban J connectivity index is 1.43. The highest BCUT2D eigenvalue weighted by molar-refractivity contribution is 5.57. The van der Waals surface area contributed by atoms with Gasteiger partial charge in [0.1, 0.15) is 0 Å². The van der Waals surface area contributed by atoms with E-state index >= 15 is 0 Å². The fraction of sp³-hybridized carbons (Fsp3) is 0.520. The molecule has 2 aliphatic carbocycles. The molecule has 2 aromatic rings. The van der Waals surface area contributed by atoms with Gasteiger partial charge in [-0.2, -0.15) is 0 Å². The van der Waals surface area contributed by atoms with Crippen molar-refractivity contribution in [2.45, 2.75) is 70.1 Å². The zero-order valence-electron chi connectivity index (χ0n) is 16.5. The third-order valence-corrected chi connectivity index (χ3v) is 7.10. The number of nitrogens with two attached hydrogens (primary N) is 2. The molecule has 0 saturated heterocycles. The van der Waals surface area contributed by atoms with E-state index in [1.54, 1.807) is 0 Å². The van der Waals surface area contributed by atoms with Gasteiger partial charge >= 0.3 is 0 Å². The molecule has 0 aromatic heterocycles. The molecule has 0 amide bonds. The van der Waals surface area contributed by atoms with Crippen molar-refractivity contribution in [3.05, 3.63) is 59.2 Å². The quantitative estimate of drug-likeness (QED) is 0.627. The van der Waals surface area contributed by atoms with E-state index in [0.29, 0.717) is 5.92 Å². The van der Waals surface area contributed by atoms with Gasteiger partial charge in [-0.3, -0.25) is 0 Å². The van der Waals surface area contributed by atoms with Crippen molar-refractivity contribution in [3.63, 3.8) is 0 Å². The van der Waals surface area contributed by atoms with E-state index in [1.165, 1.54) is 74.5 Å². The van der Waals surface area contributed by atoms with Gasteiger partial charge in [0.2, 0.25) is 0 Å². The number of nitrogen functional groups attached to an aromatic ring is 2. The minimum Gasteiger partial charge on any atom is -0.399 e. The standard InChI is InChI=1S/C25H34N2/c26-23-10-4-6-18(17-23)16-22-9-5-11-24(25(22)27)21-14-12-20(13-15-21)19-7-2-1-3-8-19/h4-6,9-11,17,19-21H,1-3,7-8,12-16,26-27H2. The van der Waals surface area contributed by atoms with Crippen molar-refractivity contribution in [2.24, 2.45) is 11.8 Å². The molecule has 27 heavy (non-hydrogen) atoms. The monoisotopic (exact) mass is 362 g/mol. The molecule has 4 rings (SSSR count). The van der Waals surface area contributed by atoms with E-state index in [-0.39, 0.29) is 0 Å². The normalized spacial score (nSPS) is 24.0. The Morgan fingerprint density at radius 1 is 0.741 bits per heavy atom. The fourth-order valence-electron chi connectivity index (χ4n) is 5.57. The molecule has 0 unspecified atom stereocenters. The van der Waals surface area contributed by atoms with Gasteiger partial charge in [-0.15, -0.1) is 0 Å². The number of hydrogen-bond donors (Lipinski definition) is 2. The minimum absolute atomic E-state index is 0.644. The van der Waals surface area contributed by atoms with Crippen LogP contribution in [0.4, 0.5) is 11.4 Å². The van der Waals surface area contributed by atoms with E-state index in [0.717, 1.165) is 29.6 Å². The van der Waals surface area contributed by atoms with Gasteiger partial charge in [0, 0.05) is 11.4 Å². The molecule has 2 aliphatic rings. The first-order valence-electron chi connectivity index (χ1n) is 10.9. The van der Waals surface area contributed by atoms with Crippen LogP contribution in [0, 0.1) is 11.8 Å². The summed E-state index contributed by atoms with van der Waals surface area (Å²) in [6.07, 6.45) is 13.6. The summed E-state index contributed by atoms with van der Waals surface area (Å²) in [6.45, 7) is 0. The van der Waals surface area contributed by atoms with Crippen molar-refractivity contribution in [3.8, 4) is 0 Å². The lowest BCUT2D eigenvalue weighted by atomic mass is 9.69. The van der Waals surface area contributed by atoms with Crippen LogP contribution in [0.5, 0.6) is 0 Å². The molecular weight excluding hydrogens is 328 g/mol. The Hall–Kier alpha value is -1.96. The van der Waals surface area contributed by atoms with Crippen molar-refractivity contribution in [2.75, 3.05) is 11.5 Å². The fourth-order valence-corrected chi connectivity index (χ4v) is 5.57. The maximum Gasteiger partial charge on any atom is 0.0385 e. The van der Waals surface area contributed by atoms with Crippen LogP contribution in [0.25, 0.3) is 0 Å². The van der Waals surface area contributed by atoms with Gasteiger partial charge < -0.3 is 11.5 Å². The number of para-hydroxylation sites is 1. The van der Waals surface area contributed by atoms with Gasteiger partial charge in [0.05, 0.1) is 0 Å². The predicted molar refractivity (Wildman–Crippen MR) is 116 cm³/mol. The summed E-state index contributed by atoms with van der Waals surface area (Å²) < 4.78 is 0. The zero-order chi connectivity index (χ0) is 18.6. The molecular formula is C25H34N2. The van der Waals surface area contributed by atoms with E-state index in [9.17, 15) is 0 Å². The Morgan fingerprint density at radius 2 is 1.44 bits per heavy atom. The first kappa shape index (κ1) is 18.4. The van der Waals surface area contributed by atoms with Crippen LogP contribution in [0.1, 0.15) is 80.4 Å². The van der Waals surface area contributed by atoms with Crippen molar-refractivity contribution in [1.29, 1.82) is 0 Å². The molecule has 2 heteroatoms. The molecule has 2 aromatic carbocycles. The van der Waals surface area contributed by atoms with E-state index in [2.05, 4.69) is 30.3 Å². The summed E-state index contributed by atoms with van der Waals surface area (Å²) in [5.41, 5.74) is 18.3. The topological polar surface area (TPSA) is 52.0 Å². The second-order valence-corrected chi connectivity index (χ2v) is 8.85. The third-order valence-electron chi connectivity index (χ3n) is 7.10. The molecule has 0 radical (unpaired) electrons. The molecule has 0 atom stereocenters. The molecule has 144 valence electrons. The Labute approximate surface area is 164 Å². The molecule has 4 N–H and O–H groups in total. The first-order chi connectivity index (χ1) is 13.2. The SMILES string of the molecule is Nc1cccc(Cc2cccc(C3CCC(C4CCCCC4)CC3)c2N)c1. The molecule has 0 aliphatic heterocycles. The van der Waals surface area contributed by atoms with Crippen LogP contribution in [-0.4, -0.2) is 0 Å². The molecule has 2 saturated carbocycles. The van der Waals surface area contributed by atoms with Gasteiger partial charge in [-0.05, 0) is 78.7 Å². The highest BCUT2D eigenvalue weighted by atomic mass is 14.6. The Morgan fingerprint density at radius 3 is 2.19 bits per heavy atom. The lowest BCUT2D eigenvalue weighted by Crippen LogP contribution is -2.23. The minimum atomic E-state index is 0.644. The number of benzene rings is 2. The summed E-state index contributed by atoms with van der Waals surface area (Å²) in [7, 11) is 0. The molecule has 0 heterocycles. The Kier molecular flexibility index (Phi) is 5.71. The average molecular weight is 363 g/mol. The summed E-state index contributed by atoms with van der Waals surface area (Å²) in [5, 5.41) is 0. The third kappa shape index (κ3) is 4.31. The first-order valence-corrected chi connectivity index (χ1v) is 10.9. The van der Waals surface area contributed by atoms with Gasteiger partial charge in [-0.25, -0.2) is 0 Å². The second-order valence-electron chi connectivity index (χ2n) is 8.85. The molecule has 2 fully saturated rings. The van der Waals surface area contributed by atoms with Gasteiger partial charge in [0.15, 0.2) is 0 Å². The maximum atomic E-state index is 6.65. The molecule has 0 bridgehead atoms. The van der Waals surface area contributed by atoms with Gasteiger partial charge in [-0.1, -0.05) is 62.4 Å². The number of anilines is 2. The highest BCUT2D eigenvalue weighted by Crippen LogP contribution is 2.44. The average Bonchev–Trinajstić information content (AvgIpc) is 2.71. The van der Waals surface area contributed by atoms with Crippen LogP contribution in [-0.2, 0) is 6.42 Å². The summed E-state index contributed by atoms with van der Waals surface area (Å²) in [5.74, 6) is 2.62. The summed E-state index contributed by atoms with van der Waals surface area (Å²) in [4.78, 5) is 0. The van der Waals surface area contributed by atoms with Crippen LogP contribution < -0.4 is 11.5 Å². The second kappa shape index (κ2) is 8.37. The summed E-state index contributed by atoms with van der Waals surface area (Å²) in [6, 6.07) is 14.8.